The molecule has 0 saturated carbocycles. The van der Waals surface area contributed by atoms with Gasteiger partial charge in [-0.1, -0.05) is 18.1 Å². The smallest absolute Gasteiger partial charge is 0.124 e. The Bertz CT molecular complexity index is 924. The maximum Gasteiger partial charge on any atom is 0.124 e. The minimum absolute atomic E-state index is 0.0978. The Morgan fingerprint density at radius 3 is 2.61 bits per heavy atom. The predicted molar refractivity (Wildman–Crippen MR) is 111 cm³/mol. The van der Waals surface area contributed by atoms with Crippen LogP contribution in [0.4, 0.5) is 0 Å². The van der Waals surface area contributed by atoms with Crippen LogP contribution in [-0.2, 0) is 0 Å². The number of hydrogen-bond donors (Lipinski definition) is 4. The van der Waals surface area contributed by atoms with E-state index in [-0.39, 0.29) is 11.6 Å². The third-order valence-corrected chi connectivity index (χ3v) is 4.98. The van der Waals surface area contributed by atoms with Crippen LogP contribution in [0.15, 0.2) is 48.6 Å². The molecule has 28 heavy (non-hydrogen) atoms. The molecule has 2 heterocycles. The highest BCUT2D eigenvalue weighted by atomic mass is 16.3. The molecule has 1 aromatic heterocycles. The molecule has 1 saturated heterocycles. The van der Waals surface area contributed by atoms with Crippen molar-refractivity contribution in [2.45, 2.75) is 18.9 Å². The average Bonchev–Trinajstić information content (AvgIpc) is 3.16. The van der Waals surface area contributed by atoms with E-state index < -0.39 is 0 Å². The molecular formula is C21H26N6O. The number of rotatable bonds is 5. The standard InChI is InChI=1S/C21H26N6O/c1-2-9-26-10-7-16(8-11-26)27-14-15(13-25-27)18(21(23)24)12-19(22)17-5-3-4-6-20(17)28/h1,3-6,12-14,16,28H,7-11,22-24H2/b19-12-. The predicted octanol–water partition coefficient (Wildman–Crippen LogP) is 1.44. The summed E-state index contributed by atoms with van der Waals surface area (Å²) in [7, 11) is 0. The summed E-state index contributed by atoms with van der Waals surface area (Å²) in [6.07, 6.45) is 12.7. The summed E-state index contributed by atoms with van der Waals surface area (Å²) in [4.78, 5) is 2.26. The van der Waals surface area contributed by atoms with Gasteiger partial charge in [-0.25, -0.2) is 0 Å². The Morgan fingerprint density at radius 2 is 1.96 bits per heavy atom. The molecular weight excluding hydrogens is 352 g/mol. The van der Waals surface area contributed by atoms with Gasteiger partial charge in [0.1, 0.15) is 11.6 Å². The number of phenols is 1. The molecule has 0 amide bonds. The lowest BCUT2D eigenvalue weighted by Gasteiger charge is -2.30. The van der Waals surface area contributed by atoms with Crippen molar-refractivity contribution in [3.63, 3.8) is 0 Å². The number of terminal acetylenes is 1. The van der Waals surface area contributed by atoms with Gasteiger partial charge in [0.25, 0.3) is 0 Å². The Morgan fingerprint density at radius 1 is 1.25 bits per heavy atom. The van der Waals surface area contributed by atoms with E-state index in [9.17, 15) is 5.11 Å². The first-order valence-corrected chi connectivity index (χ1v) is 9.20. The fraction of sp³-hybridized carbons (Fsp3) is 0.286. The molecule has 0 spiro atoms. The third kappa shape index (κ3) is 4.30. The number of nitrogens with two attached hydrogens (primary N) is 3. The van der Waals surface area contributed by atoms with Crippen LogP contribution in [0.1, 0.15) is 30.0 Å². The number of nitrogens with zero attached hydrogens (tertiary/aromatic N) is 3. The SMILES string of the molecule is C#CCN1CCC(n2cc(C(/C=C(\N)c3ccccc3O)=C(N)N)cn2)CC1. The monoisotopic (exact) mass is 378 g/mol. The zero-order valence-electron chi connectivity index (χ0n) is 15.8. The molecule has 1 fully saturated rings. The minimum Gasteiger partial charge on any atom is -0.507 e. The second-order valence-electron chi connectivity index (χ2n) is 6.91. The van der Waals surface area contributed by atoms with Crippen molar-refractivity contribution in [3.8, 4) is 18.1 Å². The molecule has 1 aliphatic rings. The van der Waals surface area contributed by atoms with Crippen LogP contribution in [0, 0.1) is 12.3 Å². The first kappa shape index (κ1) is 19.4. The zero-order chi connectivity index (χ0) is 20.1. The maximum atomic E-state index is 10.0. The number of allylic oxidation sites excluding steroid dienone is 2. The van der Waals surface area contributed by atoms with Crippen LogP contribution >= 0.6 is 0 Å². The Kier molecular flexibility index (Phi) is 5.92. The van der Waals surface area contributed by atoms with E-state index in [0.717, 1.165) is 31.5 Å². The normalized spacial score (nSPS) is 15.9. The van der Waals surface area contributed by atoms with Crippen molar-refractivity contribution in [2.75, 3.05) is 19.6 Å². The van der Waals surface area contributed by atoms with E-state index in [1.165, 1.54) is 0 Å². The average molecular weight is 378 g/mol. The molecule has 0 atom stereocenters. The van der Waals surface area contributed by atoms with Crippen molar-refractivity contribution >= 4 is 11.3 Å². The summed E-state index contributed by atoms with van der Waals surface area (Å²) < 4.78 is 1.95. The van der Waals surface area contributed by atoms with Gasteiger partial charge < -0.3 is 22.3 Å². The summed E-state index contributed by atoms with van der Waals surface area (Å²) in [6, 6.07) is 7.16. The van der Waals surface area contributed by atoms with Gasteiger partial charge >= 0.3 is 0 Å². The molecule has 146 valence electrons. The molecule has 1 aliphatic heterocycles. The summed E-state index contributed by atoms with van der Waals surface area (Å²) in [6.45, 7) is 2.59. The van der Waals surface area contributed by atoms with Crippen molar-refractivity contribution in [1.82, 2.24) is 14.7 Å². The van der Waals surface area contributed by atoms with E-state index in [4.69, 9.17) is 23.6 Å². The van der Waals surface area contributed by atoms with Crippen LogP contribution in [0.25, 0.3) is 11.3 Å². The maximum absolute atomic E-state index is 10.0. The van der Waals surface area contributed by atoms with Crippen molar-refractivity contribution in [2.24, 2.45) is 17.2 Å². The van der Waals surface area contributed by atoms with E-state index >= 15 is 0 Å². The lowest BCUT2D eigenvalue weighted by Crippen LogP contribution is -2.34. The zero-order valence-corrected chi connectivity index (χ0v) is 15.8. The molecule has 0 radical (unpaired) electrons. The van der Waals surface area contributed by atoms with Crippen LogP contribution in [-0.4, -0.2) is 39.4 Å². The summed E-state index contributed by atoms with van der Waals surface area (Å²) in [5.74, 6) is 2.93. The molecule has 2 aromatic rings. The van der Waals surface area contributed by atoms with Gasteiger partial charge in [0.2, 0.25) is 0 Å². The molecule has 0 bridgehead atoms. The molecule has 7 heteroatoms. The number of aromatic hydroxyl groups is 1. The number of piperidine rings is 1. The van der Waals surface area contributed by atoms with Gasteiger partial charge in [0.05, 0.1) is 18.8 Å². The fourth-order valence-electron chi connectivity index (χ4n) is 3.43. The van der Waals surface area contributed by atoms with E-state index in [2.05, 4.69) is 15.9 Å². The third-order valence-electron chi connectivity index (χ3n) is 4.98. The molecule has 7 nitrogen and oxygen atoms in total. The second kappa shape index (κ2) is 8.55. The van der Waals surface area contributed by atoms with E-state index in [1.807, 2.05) is 10.9 Å². The Labute approximate surface area is 165 Å². The highest BCUT2D eigenvalue weighted by Gasteiger charge is 2.21. The summed E-state index contributed by atoms with van der Waals surface area (Å²) >= 11 is 0. The van der Waals surface area contributed by atoms with Gasteiger partial charge in [0, 0.05) is 41.7 Å². The first-order valence-electron chi connectivity index (χ1n) is 9.20. The number of phenolic OH excluding ortho intramolecular Hbond substituents is 1. The molecule has 1 aromatic carbocycles. The van der Waals surface area contributed by atoms with Crippen molar-refractivity contribution in [1.29, 1.82) is 0 Å². The van der Waals surface area contributed by atoms with Crippen LogP contribution in [0.5, 0.6) is 5.75 Å². The van der Waals surface area contributed by atoms with Crippen molar-refractivity contribution < 1.29 is 5.11 Å². The molecule has 3 rings (SSSR count). The number of benzene rings is 1. The summed E-state index contributed by atoms with van der Waals surface area (Å²) in [5, 5.41) is 14.5. The van der Waals surface area contributed by atoms with Gasteiger partial charge in [-0.05, 0) is 31.1 Å². The minimum atomic E-state index is 0.0978. The number of para-hydroxylation sites is 1. The Balaban J connectivity index is 1.80. The highest BCUT2D eigenvalue weighted by Crippen LogP contribution is 2.27. The lowest BCUT2D eigenvalue weighted by atomic mass is 10.0. The van der Waals surface area contributed by atoms with Crippen LogP contribution in [0.3, 0.4) is 0 Å². The second-order valence-corrected chi connectivity index (χ2v) is 6.91. The molecule has 0 unspecified atom stereocenters. The van der Waals surface area contributed by atoms with Gasteiger partial charge in [-0.15, -0.1) is 6.42 Å². The fourth-order valence-corrected chi connectivity index (χ4v) is 3.43. The van der Waals surface area contributed by atoms with Gasteiger partial charge in [-0.3, -0.25) is 9.58 Å². The van der Waals surface area contributed by atoms with Gasteiger partial charge in [-0.2, -0.15) is 5.10 Å². The van der Waals surface area contributed by atoms with Crippen LogP contribution in [0.2, 0.25) is 0 Å². The van der Waals surface area contributed by atoms with E-state index in [1.54, 1.807) is 36.5 Å². The topological polar surface area (TPSA) is 119 Å². The number of likely N-dealkylation sites (tertiary alicyclic amines) is 1. The number of aromatic nitrogens is 2. The van der Waals surface area contributed by atoms with Crippen molar-refractivity contribution in [3.05, 3.63) is 59.7 Å². The van der Waals surface area contributed by atoms with E-state index in [0.29, 0.717) is 29.4 Å². The highest BCUT2D eigenvalue weighted by molar-refractivity contribution is 5.84. The number of hydrogen-bond acceptors (Lipinski definition) is 6. The molecule has 0 aliphatic carbocycles. The Hall–Kier alpha value is -3.37. The largest absolute Gasteiger partial charge is 0.507 e. The van der Waals surface area contributed by atoms with Gasteiger partial charge in [0.15, 0.2) is 0 Å². The molecule has 7 N–H and O–H groups in total. The van der Waals surface area contributed by atoms with Crippen LogP contribution < -0.4 is 17.2 Å². The first-order chi connectivity index (χ1) is 13.5. The quantitative estimate of drug-likeness (QED) is 0.462. The summed E-state index contributed by atoms with van der Waals surface area (Å²) in [5.41, 5.74) is 20.2. The lowest BCUT2D eigenvalue weighted by molar-refractivity contribution is 0.197.